The van der Waals surface area contributed by atoms with Gasteiger partial charge in [-0.3, -0.25) is 14.7 Å². The summed E-state index contributed by atoms with van der Waals surface area (Å²) < 4.78 is 0. The molecule has 180 valence electrons. The van der Waals surface area contributed by atoms with Gasteiger partial charge in [0.25, 0.3) is 5.91 Å². The zero-order valence-electron chi connectivity index (χ0n) is 20.4. The second-order valence-electron chi connectivity index (χ2n) is 9.68. The Morgan fingerprint density at radius 2 is 1.76 bits per heavy atom. The Kier molecular flexibility index (Phi) is 7.50. The molecular weight excluding hydrogens is 424 g/mol. The number of carboxylic acid groups (broad SMARTS) is 1. The highest BCUT2D eigenvalue weighted by molar-refractivity contribution is 6.08. The molecule has 0 radical (unpaired) electrons. The molecule has 1 fully saturated rings. The van der Waals surface area contributed by atoms with E-state index in [2.05, 4.69) is 13.8 Å². The van der Waals surface area contributed by atoms with E-state index in [0.29, 0.717) is 23.6 Å². The molecule has 5 nitrogen and oxygen atoms in total. The fourth-order valence-electron chi connectivity index (χ4n) is 5.64. The summed E-state index contributed by atoms with van der Waals surface area (Å²) in [4.78, 5) is 32.6. The van der Waals surface area contributed by atoms with Crippen LogP contribution >= 0.6 is 0 Å². The molecule has 0 spiro atoms. The topological polar surface area (TPSA) is 70.0 Å². The number of amidine groups is 1. The fourth-order valence-corrected chi connectivity index (χ4v) is 5.64. The van der Waals surface area contributed by atoms with Crippen molar-refractivity contribution in [2.24, 2.45) is 10.9 Å². The van der Waals surface area contributed by atoms with Crippen LogP contribution in [0.5, 0.6) is 0 Å². The quantitative estimate of drug-likeness (QED) is 0.452. The first-order chi connectivity index (χ1) is 16.5. The first-order valence-corrected chi connectivity index (χ1v) is 12.8. The second kappa shape index (κ2) is 10.5. The van der Waals surface area contributed by atoms with Crippen LogP contribution in [0.15, 0.2) is 53.5 Å². The number of unbranched alkanes of at least 4 members (excludes halogenated alkanes) is 1. The van der Waals surface area contributed by atoms with E-state index < -0.39 is 11.5 Å². The van der Waals surface area contributed by atoms with Crippen LogP contribution in [0.1, 0.15) is 87.6 Å². The maximum Gasteiger partial charge on any atom is 0.336 e. The fraction of sp³-hybridized carbons (Fsp3) is 0.483. The summed E-state index contributed by atoms with van der Waals surface area (Å²) >= 11 is 0. The van der Waals surface area contributed by atoms with Crippen LogP contribution in [0.4, 0.5) is 0 Å². The third-order valence-corrected chi connectivity index (χ3v) is 7.59. The van der Waals surface area contributed by atoms with Crippen molar-refractivity contribution < 1.29 is 14.7 Å². The van der Waals surface area contributed by atoms with Crippen LogP contribution in [0.3, 0.4) is 0 Å². The molecule has 0 unspecified atom stereocenters. The van der Waals surface area contributed by atoms with E-state index in [0.717, 1.165) is 55.5 Å². The highest BCUT2D eigenvalue weighted by Gasteiger charge is 2.51. The maximum absolute atomic E-state index is 13.9. The molecule has 4 rings (SSSR count). The van der Waals surface area contributed by atoms with E-state index in [1.54, 1.807) is 12.1 Å². The van der Waals surface area contributed by atoms with Gasteiger partial charge in [-0.15, -0.1) is 0 Å². The van der Waals surface area contributed by atoms with E-state index in [-0.39, 0.29) is 5.91 Å². The van der Waals surface area contributed by atoms with Crippen molar-refractivity contribution in [3.63, 3.8) is 0 Å². The van der Waals surface area contributed by atoms with E-state index in [9.17, 15) is 14.7 Å². The minimum Gasteiger partial charge on any atom is -0.478 e. The number of amides is 1. The van der Waals surface area contributed by atoms with E-state index in [1.807, 2.05) is 41.3 Å². The number of benzene rings is 2. The number of carboxylic acids is 1. The van der Waals surface area contributed by atoms with Crippen LogP contribution in [-0.2, 0) is 11.3 Å². The number of rotatable bonds is 9. The Labute approximate surface area is 202 Å². The smallest absolute Gasteiger partial charge is 0.336 e. The molecule has 2 aromatic rings. The van der Waals surface area contributed by atoms with Gasteiger partial charge in [-0.05, 0) is 54.4 Å². The van der Waals surface area contributed by atoms with Crippen LogP contribution in [-0.4, -0.2) is 33.3 Å². The van der Waals surface area contributed by atoms with Gasteiger partial charge in [0, 0.05) is 6.42 Å². The largest absolute Gasteiger partial charge is 0.478 e. The highest BCUT2D eigenvalue weighted by atomic mass is 16.4. The monoisotopic (exact) mass is 460 g/mol. The summed E-state index contributed by atoms with van der Waals surface area (Å²) in [6, 6.07) is 15.0. The molecule has 1 heterocycles. The summed E-state index contributed by atoms with van der Waals surface area (Å²) in [6.45, 7) is 4.80. The first kappa shape index (κ1) is 24.2. The van der Waals surface area contributed by atoms with Crippen LogP contribution in [0.25, 0.3) is 11.1 Å². The van der Waals surface area contributed by atoms with Crippen LogP contribution < -0.4 is 0 Å². The zero-order chi connectivity index (χ0) is 24.1. The van der Waals surface area contributed by atoms with Crippen molar-refractivity contribution in [1.82, 2.24) is 4.90 Å². The van der Waals surface area contributed by atoms with Crippen LogP contribution in [0, 0.1) is 5.92 Å². The Bertz CT molecular complexity index is 1050. The average molecular weight is 461 g/mol. The SMILES string of the molecule is CCCCC1=N[C@](CC)(C2CCCCC2)C(=O)N1Cc1ccc(-c2ccccc2C(=O)O)cc1. The lowest BCUT2D eigenvalue weighted by Gasteiger charge is -2.35. The van der Waals surface area contributed by atoms with Gasteiger partial charge in [0.2, 0.25) is 0 Å². The van der Waals surface area contributed by atoms with Gasteiger partial charge in [0.1, 0.15) is 11.4 Å². The minimum atomic E-state index is -0.933. The number of nitrogens with zero attached hydrogens (tertiary/aromatic N) is 2. The molecule has 0 saturated heterocycles. The lowest BCUT2D eigenvalue weighted by molar-refractivity contribution is -0.134. The molecule has 2 aromatic carbocycles. The number of aromatic carboxylic acids is 1. The van der Waals surface area contributed by atoms with Crippen molar-refractivity contribution in [3.05, 3.63) is 59.7 Å². The van der Waals surface area contributed by atoms with Crippen LogP contribution in [0.2, 0.25) is 0 Å². The normalized spacial score (nSPS) is 21.1. The Balaban J connectivity index is 1.59. The Morgan fingerprint density at radius 3 is 2.41 bits per heavy atom. The van der Waals surface area contributed by atoms with Gasteiger partial charge >= 0.3 is 5.97 Å². The molecule has 34 heavy (non-hydrogen) atoms. The van der Waals surface area contributed by atoms with Crippen molar-refractivity contribution in [2.75, 3.05) is 0 Å². The number of hydrogen-bond acceptors (Lipinski definition) is 3. The summed E-state index contributed by atoms with van der Waals surface area (Å²) in [5.41, 5.74) is 2.29. The van der Waals surface area contributed by atoms with Crippen molar-refractivity contribution in [3.8, 4) is 11.1 Å². The standard InChI is InChI=1S/C29H36N2O3/c1-3-5-15-26-30-29(4-2,23-11-7-6-8-12-23)28(34)31(26)20-21-16-18-22(19-17-21)24-13-9-10-14-25(24)27(32)33/h9-10,13-14,16-19,23H,3-8,11-12,15,20H2,1-2H3,(H,32,33)/t29-/m1/s1. The molecule has 1 saturated carbocycles. The average Bonchev–Trinajstić information content (AvgIpc) is 3.15. The molecular formula is C29H36N2O3. The third-order valence-electron chi connectivity index (χ3n) is 7.59. The van der Waals surface area contributed by atoms with Gasteiger partial charge in [-0.1, -0.05) is 82.0 Å². The minimum absolute atomic E-state index is 0.174. The number of carbonyl (C=O) groups is 2. The molecule has 0 bridgehead atoms. The molecule has 5 heteroatoms. The Morgan fingerprint density at radius 1 is 1.06 bits per heavy atom. The Hall–Kier alpha value is -2.95. The molecule has 1 aliphatic heterocycles. The number of hydrogen-bond donors (Lipinski definition) is 1. The lowest BCUT2D eigenvalue weighted by atomic mass is 9.73. The van der Waals surface area contributed by atoms with Gasteiger partial charge < -0.3 is 5.11 Å². The predicted octanol–water partition coefficient (Wildman–Crippen LogP) is 6.71. The van der Waals surface area contributed by atoms with Crippen molar-refractivity contribution in [2.45, 2.75) is 83.7 Å². The summed E-state index contributed by atoms with van der Waals surface area (Å²) in [7, 11) is 0. The highest BCUT2D eigenvalue weighted by Crippen LogP contribution is 2.42. The summed E-state index contributed by atoms with van der Waals surface area (Å²) in [5.74, 6) is 0.529. The third kappa shape index (κ3) is 4.66. The molecule has 1 atom stereocenters. The van der Waals surface area contributed by atoms with Gasteiger partial charge in [0.15, 0.2) is 0 Å². The number of carbonyl (C=O) groups excluding carboxylic acids is 1. The first-order valence-electron chi connectivity index (χ1n) is 12.8. The second-order valence-corrected chi connectivity index (χ2v) is 9.68. The molecule has 2 aliphatic rings. The van der Waals surface area contributed by atoms with Gasteiger partial charge in [-0.25, -0.2) is 4.79 Å². The summed E-state index contributed by atoms with van der Waals surface area (Å²) in [6.07, 6.45) is 9.52. The van der Waals surface area contributed by atoms with Crippen molar-refractivity contribution >= 4 is 17.7 Å². The molecule has 1 aliphatic carbocycles. The zero-order valence-corrected chi connectivity index (χ0v) is 20.4. The van der Waals surface area contributed by atoms with E-state index in [4.69, 9.17) is 4.99 Å². The lowest BCUT2D eigenvalue weighted by Crippen LogP contribution is -2.47. The summed E-state index contributed by atoms with van der Waals surface area (Å²) in [5, 5.41) is 9.52. The van der Waals surface area contributed by atoms with Gasteiger partial charge in [0.05, 0.1) is 12.1 Å². The van der Waals surface area contributed by atoms with E-state index >= 15 is 0 Å². The van der Waals surface area contributed by atoms with E-state index in [1.165, 1.54) is 19.3 Å². The molecule has 1 N–H and O–H groups in total. The van der Waals surface area contributed by atoms with Crippen molar-refractivity contribution in [1.29, 1.82) is 0 Å². The number of aliphatic imine (C=N–C) groups is 1. The predicted molar refractivity (Wildman–Crippen MR) is 136 cm³/mol. The molecule has 0 aromatic heterocycles. The molecule has 1 amide bonds. The maximum atomic E-state index is 13.9. The van der Waals surface area contributed by atoms with Gasteiger partial charge in [-0.2, -0.15) is 0 Å².